The van der Waals surface area contributed by atoms with Gasteiger partial charge < -0.3 is 5.32 Å². The third kappa shape index (κ3) is 3.78. The normalized spacial score (nSPS) is 13.0. The fourth-order valence-corrected chi connectivity index (χ4v) is 4.08. The summed E-state index contributed by atoms with van der Waals surface area (Å²) in [6, 6.07) is 14.4. The Balaban J connectivity index is 0.00000205. The molecule has 4 nitrogen and oxygen atoms in total. The molecule has 0 unspecified atom stereocenters. The van der Waals surface area contributed by atoms with E-state index in [1.807, 2.05) is 24.3 Å². The minimum Gasteiger partial charge on any atom is -0.323 e. The van der Waals surface area contributed by atoms with Gasteiger partial charge in [0.15, 0.2) is 5.82 Å². The van der Waals surface area contributed by atoms with Gasteiger partial charge in [0.2, 0.25) is 0 Å². The van der Waals surface area contributed by atoms with Gasteiger partial charge in [0, 0.05) is 34.5 Å². The van der Waals surface area contributed by atoms with Gasteiger partial charge >= 0.3 is 0 Å². The average molecular weight is 444 g/mol. The minimum absolute atomic E-state index is 0. The molecule has 29 heavy (non-hydrogen) atoms. The van der Waals surface area contributed by atoms with E-state index in [1.165, 1.54) is 23.3 Å². The van der Waals surface area contributed by atoms with Crippen LogP contribution in [-0.4, -0.2) is 15.2 Å². The van der Waals surface area contributed by atoms with Crippen LogP contribution in [0.4, 0.5) is 16.0 Å². The monoisotopic (exact) mass is 443 g/mol. The summed E-state index contributed by atoms with van der Waals surface area (Å²) in [6.07, 6.45) is 4.27. The number of H-pyrrole nitrogens is 1. The van der Waals surface area contributed by atoms with Crippen LogP contribution in [0.5, 0.6) is 0 Å². The molecule has 2 aromatic heterocycles. The maximum Gasteiger partial charge on any atom is 0.161 e. The van der Waals surface area contributed by atoms with E-state index in [0.29, 0.717) is 16.2 Å². The van der Waals surface area contributed by atoms with Gasteiger partial charge in [0.05, 0.1) is 11.2 Å². The minimum atomic E-state index is -0.295. The molecule has 1 aliphatic carbocycles. The van der Waals surface area contributed by atoms with Crippen LogP contribution in [0, 0.1) is 5.82 Å². The van der Waals surface area contributed by atoms with Crippen molar-refractivity contribution in [2.24, 2.45) is 0 Å². The smallest absolute Gasteiger partial charge is 0.161 e. The SMILES string of the molecule is Fc1ccc2[nH]nc(Nc3nc(-c4ccccc4Cl)cc4c3CCCC4)c2c1.[V]. The topological polar surface area (TPSA) is 53.6 Å². The second-order valence-corrected chi connectivity index (χ2v) is 7.48. The largest absolute Gasteiger partial charge is 0.323 e. The molecule has 0 atom stereocenters. The van der Waals surface area contributed by atoms with Crippen molar-refractivity contribution >= 4 is 34.1 Å². The molecule has 1 radical (unpaired) electrons. The summed E-state index contributed by atoms with van der Waals surface area (Å²) in [5, 5.41) is 12.0. The maximum atomic E-state index is 13.7. The van der Waals surface area contributed by atoms with Crippen LogP contribution in [0.25, 0.3) is 22.2 Å². The molecule has 2 N–H and O–H groups in total. The number of aromatic amines is 1. The van der Waals surface area contributed by atoms with E-state index in [-0.39, 0.29) is 24.4 Å². The van der Waals surface area contributed by atoms with E-state index >= 15 is 0 Å². The molecule has 1 aliphatic rings. The average Bonchev–Trinajstić information content (AvgIpc) is 3.10. The van der Waals surface area contributed by atoms with Crippen LogP contribution in [0.15, 0.2) is 48.5 Å². The number of nitrogens with zero attached hydrogens (tertiary/aromatic N) is 2. The molecule has 0 spiro atoms. The second-order valence-electron chi connectivity index (χ2n) is 7.07. The third-order valence-electron chi connectivity index (χ3n) is 5.25. The Morgan fingerprint density at radius 2 is 1.83 bits per heavy atom. The molecule has 0 saturated heterocycles. The quantitative estimate of drug-likeness (QED) is 0.406. The van der Waals surface area contributed by atoms with Gasteiger partial charge in [-0.05, 0) is 67.1 Å². The number of fused-ring (bicyclic) bond motifs is 2. The molecule has 0 aliphatic heterocycles. The summed E-state index contributed by atoms with van der Waals surface area (Å²) in [6.45, 7) is 0. The molecule has 0 amide bonds. The van der Waals surface area contributed by atoms with Crippen LogP contribution in [0.2, 0.25) is 5.02 Å². The standard InChI is InChI=1S/C22H18ClFN4.V/c23-18-8-4-3-7-16(18)20-11-13-5-1-2-6-15(13)21(25-20)26-22-17-12-14(24)9-10-19(17)27-28-22;/h3-4,7-12H,1-2,5-6H2,(H2,25,26,27,28);. The summed E-state index contributed by atoms with van der Waals surface area (Å²) in [4.78, 5) is 4.88. The van der Waals surface area contributed by atoms with Crippen LogP contribution in [-0.2, 0) is 31.4 Å². The van der Waals surface area contributed by atoms with Crippen molar-refractivity contribution < 1.29 is 22.9 Å². The molecule has 7 heteroatoms. The first-order valence-electron chi connectivity index (χ1n) is 9.37. The van der Waals surface area contributed by atoms with E-state index in [9.17, 15) is 4.39 Å². The van der Waals surface area contributed by atoms with Gasteiger partial charge in [0.25, 0.3) is 0 Å². The number of rotatable bonds is 3. The fourth-order valence-electron chi connectivity index (χ4n) is 3.85. The first-order valence-corrected chi connectivity index (χ1v) is 9.75. The zero-order valence-corrected chi connectivity index (χ0v) is 17.7. The third-order valence-corrected chi connectivity index (χ3v) is 5.58. The van der Waals surface area contributed by atoms with E-state index < -0.39 is 0 Å². The number of aromatic nitrogens is 3. The molecule has 2 heterocycles. The molecule has 0 saturated carbocycles. The second kappa shape index (κ2) is 8.19. The Kier molecular flexibility index (Phi) is 5.64. The zero-order valence-electron chi connectivity index (χ0n) is 15.5. The first kappa shape index (κ1) is 20.0. The Morgan fingerprint density at radius 3 is 2.69 bits per heavy atom. The first-order chi connectivity index (χ1) is 13.7. The number of benzene rings is 2. The predicted molar refractivity (Wildman–Crippen MR) is 111 cm³/mol. The van der Waals surface area contributed by atoms with Gasteiger partial charge in [0.1, 0.15) is 11.6 Å². The van der Waals surface area contributed by atoms with Crippen molar-refractivity contribution in [2.45, 2.75) is 25.7 Å². The summed E-state index contributed by atoms with van der Waals surface area (Å²) in [5.41, 5.74) is 5.00. The summed E-state index contributed by atoms with van der Waals surface area (Å²) >= 11 is 6.41. The van der Waals surface area contributed by atoms with Crippen molar-refractivity contribution in [3.05, 3.63) is 70.5 Å². The van der Waals surface area contributed by atoms with Gasteiger partial charge in [-0.2, -0.15) is 5.10 Å². The number of pyridine rings is 1. The van der Waals surface area contributed by atoms with E-state index in [4.69, 9.17) is 16.6 Å². The molecule has 2 aromatic carbocycles. The van der Waals surface area contributed by atoms with Gasteiger partial charge in [-0.3, -0.25) is 5.10 Å². The number of aryl methyl sites for hydroxylation is 1. The predicted octanol–water partition coefficient (Wildman–Crippen LogP) is 6.04. The van der Waals surface area contributed by atoms with Crippen LogP contribution in [0.3, 0.4) is 0 Å². The molecular weight excluding hydrogens is 426 g/mol. The number of halogens is 2. The summed E-state index contributed by atoms with van der Waals surface area (Å²) < 4.78 is 13.7. The molecule has 0 fully saturated rings. The van der Waals surface area contributed by atoms with Crippen LogP contribution in [0.1, 0.15) is 24.0 Å². The van der Waals surface area contributed by atoms with Gasteiger partial charge in [-0.15, -0.1) is 0 Å². The Hall–Kier alpha value is -2.34. The zero-order chi connectivity index (χ0) is 19.1. The van der Waals surface area contributed by atoms with Crippen molar-refractivity contribution in [1.29, 1.82) is 0 Å². The summed E-state index contributed by atoms with van der Waals surface area (Å²) in [7, 11) is 0. The van der Waals surface area contributed by atoms with Gasteiger partial charge in [-0.1, -0.05) is 29.8 Å². The number of nitrogens with one attached hydrogen (secondary N) is 2. The number of anilines is 2. The maximum absolute atomic E-state index is 13.7. The van der Waals surface area contributed by atoms with Crippen molar-refractivity contribution in [2.75, 3.05) is 5.32 Å². The Bertz CT molecular complexity index is 1190. The van der Waals surface area contributed by atoms with Crippen LogP contribution < -0.4 is 5.32 Å². The fraction of sp³-hybridized carbons (Fsp3) is 0.182. The molecular formula is C22H18ClFN4V. The Morgan fingerprint density at radius 1 is 1.00 bits per heavy atom. The number of hydrogen-bond acceptors (Lipinski definition) is 3. The molecule has 0 bridgehead atoms. The summed E-state index contributed by atoms with van der Waals surface area (Å²) in [5.74, 6) is 1.05. The van der Waals surface area contributed by atoms with Gasteiger partial charge in [-0.25, -0.2) is 9.37 Å². The van der Waals surface area contributed by atoms with E-state index in [0.717, 1.165) is 48.3 Å². The Labute approximate surface area is 184 Å². The molecule has 145 valence electrons. The molecule has 5 rings (SSSR count). The van der Waals surface area contributed by atoms with E-state index in [1.54, 1.807) is 6.07 Å². The van der Waals surface area contributed by atoms with Crippen molar-refractivity contribution in [3.63, 3.8) is 0 Å². The van der Waals surface area contributed by atoms with E-state index in [2.05, 4.69) is 21.6 Å². The van der Waals surface area contributed by atoms with Crippen molar-refractivity contribution in [3.8, 4) is 11.3 Å². The van der Waals surface area contributed by atoms with Crippen LogP contribution >= 0.6 is 11.6 Å². The molecule has 4 aromatic rings. The van der Waals surface area contributed by atoms with Crippen molar-refractivity contribution in [1.82, 2.24) is 15.2 Å². The number of hydrogen-bond donors (Lipinski definition) is 2.